The molecule has 0 aromatic heterocycles. The van der Waals surface area contributed by atoms with Gasteiger partial charge < -0.3 is 9.80 Å². The molecule has 1 aromatic rings. The maximum Gasteiger partial charge on any atom is 0.254 e. The van der Waals surface area contributed by atoms with Crippen molar-refractivity contribution in [2.24, 2.45) is 5.89 Å². The van der Waals surface area contributed by atoms with Crippen molar-refractivity contribution in [2.45, 2.75) is 43.9 Å². The van der Waals surface area contributed by atoms with E-state index < -0.39 is 121 Å². The molecule has 3 nitrogen and oxygen atoms in total. The molecule has 0 spiro atoms. The van der Waals surface area contributed by atoms with E-state index in [1.807, 2.05) is 0 Å². The number of hydrogen-bond acceptors (Lipinski definition) is 2. The fraction of sp³-hybridized carbons (Fsp3) is 0.632. The number of benzene rings is 1. The molecular weight excluding hydrogens is 272 g/mol. The molecule has 0 unspecified atom stereocenters. The van der Waals surface area contributed by atoms with Crippen molar-refractivity contribution >= 4 is 5.91 Å². The van der Waals surface area contributed by atoms with E-state index in [4.69, 9.17) is 24.7 Å². The summed E-state index contributed by atoms with van der Waals surface area (Å²) >= 11 is 0. The van der Waals surface area contributed by atoms with E-state index in [2.05, 4.69) is 0 Å². The second-order valence-corrected chi connectivity index (χ2v) is 5.22. The number of fused-ring (bicyclic) bond motifs is 3. The van der Waals surface area contributed by atoms with Crippen LogP contribution in [0.5, 0.6) is 0 Å². The van der Waals surface area contributed by atoms with Gasteiger partial charge in [0.15, 0.2) is 0 Å². The normalized spacial score (nSPS) is 71.7. The molecule has 3 heteroatoms. The molecule has 0 N–H and O–H groups in total. The minimum absolute atomic E-state index is 0.279. The summed E-state index contributed by atoms with van der Waals surface area (Å²) in [5.74, 6) is -7.73. The molecule has 2 atom stereocenters. The zero-order valence-electron chi connectivity index (χ0n) is 30.3. The van der Waals surface area contributed by atoms with E-state index in [-0.39, 0.29) is 4.90 Å². The van der Waals surface area contributed by atoms with Crippen LogP contribution in [0.25, 0.3) is 0 Å². The highest BCUT2D eigenvalue weighted by atomic mass is 16.2. The minimum atomic E-state index is -4.22. The van der Waals surface area contributed by atoms with E-state index in [0.717, 1.165) is 0 Å². The molecule has 22 heavy (non-hydrogen) atoms. The molecule has 4 aliphatic heterocycles. The molecule has 6 rings (SSSR count). The molecule has 4 heterocycles. The van der Waals surface area contributed by atoms with Gasteiger partial charge in [-0.2, -0.15) is 0 Å². The lowest BCUT2D eigenvalue weighted by molar-refractivity contribution is 0.00258. The predicted octanol–water partition coefficient (Wildman–Crippen LogP) is 2.66. The molecule has 2 bridgehead atoms. The third-order valence-electron chi connectivity index (χ3n) is 3.96. The monoisotopic (exact) mass is 315 g/mol. The Morgan fingerprint density at radius 1 is 1.27 bits per heavy atom. The summed E-state index contributed by atoms with van der Waals surface area (Å²) in [6.45, 7) is -15.0. The van der Waals surface area contributed by atoms with Crippen molar-refractivity contribution in [1.29, 1.82) is 0 Å². The maximum atomic E-state index is 14.2. The minimum Gasteiger partial charge on any atom is -0.333 e. The lowest BCUT2D eigenvalue weighted by atomic mass is 9.75. The number of carbonyl (C=O) groups excluding carboxylic acids is 1. The Bertz CT molecular complexity index is 1380. The molecule has 1 aliphatic carbocycles. The summed E-state index contributed by atoms with van der Waals surface area (Å²) in [7, 11) is 0. The first-order valence-corrected chi connectivity index (χ1v) is 6.88. The van der Waals surface area contributed by atoms with Crippen LogP contribution in [-0.4, -0.2) is 47.7 Å². The molecule has 0 radical (unpaired) electrons. The summed E-state index contributed by atoms with van der Waals surface area (Å²) in [6.07, 6.45) is -11.2. The average molecular weight is 316 g/mol. The number of carbonyl (C=O) groups is 1. The smallest absolute Gasteiger partial charge is 0.254 e. The third-order valence-corrected chi connectivity index (χ3v) is 3.96. The van der Waals surface area contributed by atoms with Crippen LogP contribution in [0.4, 0.5) is 0 Å². The molecule has 116 valence electrons. The van der Waals surface area contributed by atoms with Crippen molar-refractivity contribution in [2.75, 3.05) is 26.0 Å². The van der Waals surface area contributed by atoms with Gasteiger partial charge in [0.05, 0.1) is 8.22 Å². The van der Waals surface area contributed by atoms with Crippen LogP contribution in [0.2, 0.25) is 0 Å². The van der Waals surface area contributed by atoms with Gasteiger partial charge in [-0.05, 0) is 68.0 Å². The van der Waals surface area contributed by atoms with Crippen molar-refractivity contribution in [3.05, 3.63) is 34.8 Å². The Hall–Kier alpha value is -1.35. The third kappa shape index (κ3) is 1.81. The van der Waals surface area contributed by atoms with Crippen LogP contribution < -0.4 is 0 Å². The Kier molecular flexibility index (Phi) is 0.917. The zero-order valence-corrected chi connectivity index (χ0v) is 11.3. The molecule has 3 saturated heterocycles. The lowest BCUT2D eigenvalue weighted by Gasteiger charge is -2.51. The van der Waals surface area contributed by atoms with Gasteiger partial charge in [0.2, 0.25) is 0 Å². The van der Waals surface area contributed by atoms with Crippen molar-refractivity contribution in [3.63, 3.8) is 0 Å². The van der Waals surface area contributed by atoms with Crippen LogP contribution in [0.3, 0.4) is 0 Å². The number of nitrogens with zero attached hydrogens (tertiary/aromatic N) is 2. The first-order valence-electron chi connectivity index (χ1n) is 16.4. The molecular formula is C19H24N2O. The van der Waals surface area contributed by atoms with Crippen LogP contribution >= 0.6 is 0 Å². The number of rotatable bonds is 1. The van der Waals surface area contributed by atoms with Gasteiger partial charge in [0.1, 0.15) is 0 Å². The number of piperidine rings is 3. The number of hydrogen-bond donors (Lipinski definition) is 0. The van der Waals surface area contributed by atoms with Crippen LogP contribution in [-0.2, 0) is 6.37 Å². The van der Waals surface area contributed by atoms with Gasteiger partial charge in [-0.3, -0.25) is 4.79 Å². The molecule has 1 aromatic carbocycles. The van der Waals surface area contributed by atoms with Crippen molar-refractivity contribution < 1.29 is 30.8 Å². The van der Waals surface area contributed by atoms with Gasteiger partial charge in [0.25, 0.3) is 5.91 Å². The van der Waals surface area contributed by atoms with E-state index in [1.54, 1.807) is 0 Å². The SMILES string of the molecule is [2H]c1c([2H])c2c3c(c1[2H])C([2H])([2H])CC[C@@H]3C([2H])([2H])N([C@]1([2H])C([2H])([2H])N3C([2H])([2H])C([2H])([2H])C1([2H])C([2H])([2H])C3([2H])[2H])C2=O. The lowest BCUT2D eigenvalue weighted by Crippen LogP contribution is -2.60. The molecule has 0 saturated carbocycles. The average Bonchev–Trinajstić information content (AvgIpc) is 2.78. The van der Waals surface area contributed by atoms with Gasteiger partial charge in [-0.25, -0.2) is 0 Å². The van der Waals surface area contributed by atoms with Gasteiger partial charge in [-0.15, -0.1) is 0 Å². The fourth-order valence-electron chi connectivity index (χ4n) is 2.96. The molecule has 3 fully saturated rings. The largest absolute Gasteiger partial charge is 0.333 e. The van der Waals surface area contributed by atoms with E-state index in [1.165, 1.54) is 0 Å². The Morgan fingerprint density at radius 2 is 2.14 bits per heavy atom. The first kappa shape index (κ1) is 4.18. The maximum absolute atomic E-state index is 14.2. The summed E-state index contributed by atoms with van der Waals surface area (Å²) in [4.78, 5) is 13.4. The van der Waals surface area contributed by atoms with E-state index in [0.29, 0.717) is 0 Å². The second kappa shape index (κ2) is 4.82. The summed E-state index contributed by atoms with van der Waals surface area (Å²) < 4.78 is 163. The highest BCUT2D eigenvalue weighted by Gasteiger charge is 2.43. The fourth-order valence-corrected chi connectivity index (χ4v) is 2.96. The summed E-state index contributed by atoms with van der Waals surface area (Å²) in [5.41, 5.74) is -1.93. The Balaban J connectivity index is 1.94. The summed E-state index contributed by atoms with van der Waals surface area (Å²) in [6, 6.07) is -6.84. The van der Waals surface area contributed by atoms with Crippen LogP contribution in [0.1, 0.15) is 79.0 Å². The topological polar surface area (TPSA) is 23.6 Å². The number of amides is 1. The van der Waals surface area contributed by atoms with Crippen molar-refractivity contribution in [3.8, 4) is 0 Å². The van der Waals surface area contributed by atoms with Gasteiger partial charge in [0, 0.05) is 48.3 Å². The zero-order chi connectivity index (χ0) is 31.7. The van der Waals surface area contributed by atoms with E-state index >= 15 is 0 Å². The standard InChI is InChI=1S/C19H24N2O/c22-19-16-6-2-4-14-3-1-5-15(18(14)16)11-21(19)17-12-20-9-7-13(17)8-10-20/h2,4,6,13,15,17H,1,3,5,7-12H2/t15-,17-/m1/s1/i2D,3D2,4D,6D,7D2,8D2,9D2,10D2,11D2,12D2,13D,17D. The summed E-state index contributed by atoms with van der Waals surface area (Å²) in [5, 5.41) is 0. The van der Waals surface area contributed by atoms with Crippen molar-refractivity contribution in [1.82, 2.24) is 9.80 Å². The first-order chi connectivity index (χ1) is 18.1. The molecule has 5 aliphatic rings. The van der Waals surface area contributed by atoms with Gasteiger partial charge >= 0.3 is 0 Å². The van der Waals surface area contributed by atoms with E-state index in [9.17, 15) is 6.17 Å². The Morgan fingerprint density at radius 3 is 3.00 bits per heavy atom. The van der Waals surface area contributed by atoms with Crippen LogP contribution in [0, 0.1) is 5.89 Å². The van der Waals surface area contributed by atoms with Crippen LogP contribution in [0.15, 0.2) is 18.1 Å². The quantitative estimate of drug-likeness (QED) is 0.795. The molecule has 1 amide bonds. The van der Waals surface area contributed by atoms with Gasteiger partial charge in [-0.1, -0.05) is 12.1 Å². The second-order valence-electron chi connectivity index (χ2n) is 5.22. The highest BCUT2D eigenvalue weighted by molar-refractivity contribution is 5.97. The predicted molar refractivity (Wildman–Crippen MR) is 86.1 cm³/mol. The Labute approximate surface area is 159 Å². The highest BCUT2D eigenvalue weighted by Crippen LogP contribution is 2.41.